The standard InChI is InChI=1S/C15H20N2O5/c1-20-12-4-3-11(9-13(12)21-2)10-14(18)16-5-6-17-7-8-22-15(17)19/h3-4,9H,5-8,10H2,1-2H3,(H,16,18). The average molecular weight is 308 g/mol. The summed E-state index contributed by atoms with van der Waals surface area (Å²) in [6, 6.07) is 5.36. The van der Waals surface area contributed by atoms with Gasteiger partial charge in [0.2, 0.25) is 5.91 Å². The van der Waals surface area contributed by atoms with Crippen LogP contribution in [0.5, 0.6) is 11.5 Å². The van der Waals surface area contributed by atoms with E-state index in [9.17, 15) is 9.59 Å². The predicted octanol–water partition coefficient (Wildman–Crippen LogP) is 0.815. The fourth-order valence-electron chi connectivity index (χ4n) is 2.20. The van der Waals surface area contributed by atoms with E-state index in [0.29, 0.717) is 37.7 Å². The number of carbonyl (C=O) groups is 2. The van der Waals surface area contributed by atoms with Crippen LogP contribution in [0.3, 0.4) is 0 Å². The molecule has 0 aromatic heterocycles. The summed E-state index contributed by atoms with van der Waals surface area (Å²) in [5.74, 6) is 1.10. The van der Waals surface area contributed by atoms with Crippen LogP contribution in [0.25, 0.3) is 0 Å². The van der Waals surface area contributed by atoms with Crippen LogP contribution in [0.2, 0.25) is 0 Å². The third-order valence-corrected chi connectivity index (χ3v) is 3.36. The molecule has 0 bridgehead atoms. The van der Waals surface area contributed by atoms with Crippen LogP contribution in [0.4, 0.5) is 4.79 Å². The van der Waals surface area contributed by atoms with Crippen LogP contribution in [0.1, 0.15) is 5.56 Å². The molecule has 1 aliphatic rings. The van der Waals surface area contributed by atoms with Crippen molar-refractivity contribution in [3.63, 3.8) is 0 Å². The van der Waals surface area contributed by atoms with Crippen molar-refractivity contribution in [2.75, 3.05) is 40.5 Å². The zero-order valence-electron chi connectivity index (χ0n) is 12.8. The quantitative estimate of drug-likeness (QED) is 0.807. The fourth-order valence-corrected chi connectivity index (χ4v) is 2.20. The van der Waals surface area contributed by atoms with Gasteiger partial charge in [-0.05, 0) is 17.7 Å². The van der Waals surface area contributed by atoms with Gasteiger partial charge in [0, 0.05) is 13.1 Å². The molecule has 2 rings (SSSR count). The molecule has 0 spiro atoms. The smallest absolute Gasteiger partial charge is 0.409 e. The molecule has 7 heteroatoms. The molecule has 0 aliphatic carbocycles. The number of rotatable bonds is 7. The number of nitrogens with one attached hydrogen (secondary N) is 1. The summed E-state index contributed by atoms with van der Waals surface area (Å²) in [6.07, 6.45) is -0.0840. The maximum absolute atomic E-state index is 11.9. The minimum Gasteiger partial charge on any atom is -0.493 e. The SMILES string of the molecule is COc1ccc(CC(=O)NCCN2CCOC2=O)cc1OC. The lowest BCUT2D eigenvalue weighted by atomic mass is 10.1. The van der Waals surface area contributed by atoms with E-state index in [-0.39, 0.29) is 18.4 Å². The van der Waals surface area contributed by atoms with Gasteiger partial charge in [0.25, 0.3) is 0 Å². The molecule has 1 heterocycles. The summed E-state index contributed by atoms with van der Waals surface area (Å²) in [4.78, 5) is 24.7. The number of cyclic esters (lactones) is 1. The Kier molecular flexibility index (Phi) is 5.46. The molecule has 1 saturated heterocycles. The Morgan fingerprint density at radius 3 is 2.73 bits per heavy atom. The lowest BCUT2D eigenvalue weighted by Crippen LogP contribution is -2.36. The summed E-state index contributed by atoms with van der Waals surface area (Å²) < 4.78 is 15.2. The van der Waals surface area contributed by atoms with Crippen molar-refractivity contribution in [1.82, 2.24) is 10.2 Å². The lowest BCUT2D eigenvalue weighted by Gasteiger charge is -2.13. The summed E-state index contributed by atoms with van der Waals surface area (Å²) >= 11 is 0. The molecule has 1 fully saturated rings. The predicted molar refractivity (Wildman–Crippen MR) is 79.2 cm³/mol. The van der Waals surface area contributed by atoms with E-state index in [1.807, 2.05) is 6.07 Å². The Labute approximate surface area is 129 Å². The second kappa shape index (κ2) is 7.53. The highest BCUT2D eigenvalue weighted by atomic mass is 16.6. The van der Waals surface area contributed by atoms with E-state index in [2.05, 4.69) is 5.32 Å². The van der Waals surface area contributed by atoms with Gasteiger partial charge in [-0.3, -0.25) is 4.79 Å². The van der Waals surface area contributed by atoms with E-state index in [4.69, 9.17) is 14.2 Å². The highest BCUT2D eigenvalue weighted by Crippen LogP contribution is 2.27. The molecule has 2 amide bonds. The monoisotopic (exact) mass is 308 g/mol. The summed E-state index contributed by atoms with van der Waals surface area (Å²) in [6.45, 7) is 1.85. The molecule has 0 unspecified atom stereocenters. The molecule has 0 atom stereocenters. The summed E-state index contributed by atoms with van der Waals surface area (Å²) in [5.41, 5.74) is 0.829. The zero-order chi connectivity index (χ0) is 15.9. The van der Waals surface area contributed by atoms with Crippen molar-refractivity contribution in [2.24, 2.45) is 0 Å². The third-order valence-electron chi connectivity index (χ3n) is 3.36. The maximum Gasteiger partial charge on any atom is 0.409 e. The molecular formula is C15H20N2O5. The van der Waals surface area contributed by atoms with Crippen molar-refractivity contribution < 1.29 is 23.8 Å². The first-order chi connectivity index (χ1) is 10.6. The van der Waals surface area contributed by atoms with E-state index >= 15 is 0 Å². The Balaban J connectivity index is 1.80. The highest BCUT2D eigenvalue weighted by molar-refractivity contribution is 5.79. The van der Waals surface area contributed by atoms with Crippen LogP contribution in [0, 0.1) is 0 Å². The van der Waals surface area contributed by atoms with Gasteiger partial charge in [-0.1, -0.05) is 6.07 Å². The Bertz CT molecular complexity index is 547. The van der Waals surface area contributed by atoms with Gasteiger partial charge < -0.3 is 24.4 Å². The minimum atomic E-state index is -0.325. The molecule has 0 saturated carbocycles. The second-order valence-corrected chi connectivity index (χ2v) is 4.82. The van der Waals surface area contributed by atoms with Crippen LogP contribution >= 0.6 is 0 Å². The van der Waals surface area contributed by atoms with Gasteiger partial charge in [0.15, 0.2) is 11.5 Å². The molecular weight excluding hydrogens is 288 g/mol. The molecule has 1 N–H and O–H groups in total. The minimum absolute atomic E-state index is 0.111. The van der Waals surface area contributed by atoms with E-state index in [1.54, 1.807) is 31.3 Å². The molecule has 1 aliphatic heterocycles. The van der Waals surface area contributed by atoms with Crippen LogP contribution < -0.4 is 14.8 Å². The first-order valence-corrected chi connectivity index (χ1v) is 7.03. The highest BCUT2D eigenvalue weighted by Gasteiger charge is 2.21. The fraction of sp³-hybridized carbons (Fsp3) is 0.467. The van der Waals surface area contributed by atoms with Crippen molar-refractivity contribution in [3.8, 4) is 11.5 Å². The molecule has 22 heavy (non-hydrogen) atoms. The number of ether oxygens (including phenoxy) is 3. The summed E-state index contributed by atoms with van der Waals surface area (Å²) in [7, 11) is 3.12. The van der Waals surface area contributed by atoms with Crippen molar-refractivity contribution in [3.05, 3.63) is 23.8 Å². The normalized spacial score (nSPS) is 13.7. The number of carbonyl (C=O) groups excluding carboxylic acids is 2. The number of hydrogen-bond acceptors (Lipinski definition) is 5. The lowest BCUT2D eigenvalue weighted by molar-refractivity contribution is -0.120. The largest absolute Gasteiger partial charge is 0.493 e. The van der Waals surface area contributed by atoms with Crippen molar-refractivity contribution in [2.45, 2.75) is 6.42 Å². The van der Waals surface area contributed by atoms with E-state index in [1.165, 1.54) is 0 Å². The van der Waals surface area contributed by atoms with Crippen molar-refractivity contribution in [1.29, 1.82) is 0 Å². The van der Waals surface area contributed by atoms with Crippen LogP contribution in [0.15, 0.2) is 18.2 Å². The Hall–Kier alpha value is -2.44. The average Bonchev–Trinajstić information content (AvgIpc) is 2.92. The molecule has 1 aromatic rings. The van der Waals surface area contributed by atoms with Gasteiger partial charge in [0.05, 0.1) is 27.2 Å². The van der Waals surface area contributed by atoms with Crippen molar-refractivity contribution >= 4 is 12.0 Å². The Morgan fingerprint density at radius 1 is 1.32 bits per heavy atom. The van der Waals surface area contributed by atoms with Crippen LogP contribution in [-0.4, -0.2) is 57.4 Å². The first-order valence-electron chi connectivity index (χ1n) is 7.03. The summed E-state index contributed by atoms with van der Waals surface area (Å²) in [5, 5.41) is 2.78. The number of amides is 2. The van der Waals surface area contributed by atoms with Gasteiger partial charge in [-0.2, -0.15) is 0 Å². The molecule has 1 aromatic carbocycles. The number of methoxy groups -OCH3 is 2. The van der Waals surface area contributed by atoms with Gasteiger partial charge in [-0.15, -0.1) is 0 Å². The topological polar surface area (TPSA) is 77.1 Å². The number of hydrogen-bond donors (Lipinski definition) is 1. The molecule has 7 nitrogen and oxygen atoms in total. The first kappa shape index (κ1) is 15.9. The third kappa shape index (κ3) is 4.03. The number of nitrogens with zero attached hydrogens (tertiary/aromatic N) is 1. The number of benzene rings is 1. The van der Waals surface area contributed by atoms with Gasteiger partial charge in [0.1, 0.15) is 6.61 Å². The molecule has 0 radical (unpaired) electrons. The van der Waals surface area contributed by atoms with E-state index < -0.39 is 0 Å². The van der Waals surface area contributed by atoms with Gasteiger partial charge in [-0.25, -0.2) is 4.79 Å². The van der Waals surface area contributed by atoms with Crippen LogP contribution in [-0.2, 0) is 16.0 Å². The zero-order valence-corrected chi connectivity index (χ0v) is 12.8. The molecule has 120 valence electrons. The van der Waals surface area contributed by atoms with Gasteiger partial charge >= 0.3 is 6.09 Å². The maximum atomic E-state index is 11.9. The van der Waals surface area contributed by atoms with E-state index in [0.717, 1.165) is 5.56 Å². The Morgan fingerprint density at radius 2 is 2.09 bits per heavy atom. The second-order valence-electron chi connectivity index (χ2n) is 4.82.